The normalized spacial score (nSPS) is 10.2. The minimum absolute atomic E-state index is 0.764. The summed E-state index contributed by atoms with van der Waals surface area (Å²) in [6, 6.07) is 11.7. The molecule has 15 heavy (non-hydrogen) atoms. The molecule has 0 unspecified atom stereocenters. The number of hydrogen-bond acceptors (Lipinski definition) is 3. The molecule has 2 aromatic rings. The Morgan fingerprint density at radius 3 is 2.73 bits per heavy atom. The molecule has 0 aliphatic heterocycles. The van der Waals surface area contributed by atoms with E-state index in [4.69, 9.17) is 5.73 Å². The van der Waals surface area contributed by atoms with Crippen LogP contribution in [0.3, 0.4) is 0 Å². The van der Waals surface area contributed by atoms with E-state index in [-0.39, 0.29) is 0 Å². The molecule has 0 bridgehead atoms. The fraction of sp³-hybridized carbons (Fsp3) is 0. The van der Waals surface area contributed by atoms with Gasteiger partial charge < -0.3 is 5.73 Å². The molecule has 76 valence electrons. The average molecular weight is 281 g/mol. The zero-order chi connectivity index (χ0) is 10.7. The lowest BCUT2D eigenvalue weighted by molar-refractivity contribution is 1.13. The fourth-order valence-corrected chi connectivity index (χ4v) is 2.31. The van der Waals surface area contributed by atoms with Crippen molar-refractivity contribution in [3.63, 3.8) is 0 Å². The van der Waals surface area contributed by atoms with E-state index in [9.17, 15) is 0 Å². The van der Waals surface area contributed by atoms with E-state index in [1.807, 2.05) is 36.4 Å². The standard InChI is InChI=1S/C11H9BrN2S/c12-8-4-5-10(9(13)7-8)15-11-3-1-2-6-14-11/h1-7H,13H2. The van der Waals surface area contributed by atoms with Crippen LogP contribution in [0.5, 0.6) is 0 Å². The van der Waals surface area contributed by atoms with Gasteiger partial charge in [0.15, 0.2) is 0 Å². The number of halogens is 1. The van der Waals surface area contributed by atoms with Gasteiger partial charge in [0.1, 0.15) is 5.03 Å². The minimum atomic E-state index is 0.764. The second kappa shape index (κ2) is 4.68. The molecule has 0 aliphatic rings. The predicted molar refractivity (Wildman–Crippen MR) is 66.9 cm³/mol. The lowest BCUT2D eigenvalue weighted by Crippen LogP contribution is -1.88. The minimum Gasteiger partial charge on any atom is -0.398 e. The molecule has 0 atom stereocenters. The molecule has 0 radical (unpaired) electrons. The third-order valence-electron chi connectivity index (χ3n) is 1.82. The van der Waals surface area contributed by atoms with Crippen molar-refractivity contribution in [2.45, 2.75) is 9.92 Å². The summed E-state index contributed by atoms with van der Waals surface area (Å²) in [6.45, 7) is 0. The Balaban J connectivity index is 2.25. The monoisotopic (exact) mass is 280 g/mol. The zero-order valence-electron chi connectivity index (χ0n) is 7.85. The first kappa shape index (κ1) is 10.5. The van der Waals surface area contributed by atoms with Crippen molar-refractivity contribution in [2.75, 3.05) is 5.73 Å². The number of benzene rings is 1. The molecule has 2 nitrogen and oxygen atoms in total. The van der Waals surface area contributed by atoms with Crippen molar-refractivity contribution in [2.24, 2.45) is 0 Å². The molecule has 1 aromatic carbocycles. The summed E-state index contributed by atoms with van der Waals surface area (Å²) in [5.41, 5.74) is 6.65. The maximum absolute atomic E-state index is 5.89. The summed E-state index contributed by atoms with van der Waals surface area (Å²) >= 11 is 4.94. The molecule has 0 spiro atoms. The van der Waals surface area contributed by atoms with Crippen LogP contribution in [0.2, 0.25) is 0 Å². The molecule has 2 N–H and O–H groups in total. The van der Waals surface area contributed by atoms with Crippen LogP contribution in [-0.2, 0) is 0 Å². The number of nitrogens with zero attached hydrogens (tertiary/aromatic N) is 1. The Labute approximate surface area is 101 Å². The van der Waals surface area contributed by atoms with Gasteiger partial charge >= 0.3 is 0 Å². The SMILES string of the molecule is Nc1cc(Br)ccc1Sc1ccccn1. The van der Waals surface area contributed by atoms with E-state index < -0.39 is 0 Å². The topological polar surface area (TPSA) is 38.9 Å². The van der Waals surface area contributed by atoms with Crippen LogP contribution in [-0.4, -0.2) is 4.98 Å². The summed E-state index contributed by atoms with van der Waals surface area (Å²) in [5.74, 6) is 0. The highest BCUT2D eigenvalue weighted by atomic mass is 79.9. The Kier molecular flexibility index (Phi) is 3.28. The molecule has 0 fully saturated rings. The second-order valence-electron chi connectivity index (χ2n) is 2.95. The van der Waals surface area contributed by atoms with Crippen molar-refractivity contribution in [1.29, 1.82) is 0 Å². The smallest absolute Gasteiger partial charge is 0.101 e. The molecule has 1 aromatic heterocycles. The van der Waals surface area contributed by atoms with E-state index in [2.05, 4.69) is 20.9 Å². The quantitative estimate of drug-likeness (QED) is 0.855. The van der Waals surface area contributed by atoms with Crippen molar-refractivity contribution >= 4 is 33.4 Å². The first-order valence-corrected chi connectivity index (χ1v) is 6.00. The number of rotatable bonds is 2. The average Bonchev–Trinajstić information content (AvgIpc) is 2.24. The highest BCUT2D eigenvalue weighted by molar-refractivity contribution is 9.10. The van der Waals surface area contributed by atoms with Crippen LogP contribution in [0.15, 0.2) is 57.0 Å². The molecule has 1 heterocycles. The number of anilines is 1. The second-order valence-corrected chi connectivity index (χ2v) is 4.93. The van der Waals surface area contributed by atoms with E-state index in [1.54, 1.807) is 18.0 Å². The van der Waals surface area contributed by atoms with E-state index in [0.717, 1.165) is 20.1 Å². The molecule has 0 aliphatic carbocycles. The van der Waals surface area contributed by atoms with Gasteiger partial charge in [0.05, 0.1) is 0 Å². The number of nitrogens with two attached hydrogens (primary N) is 1. The van der Waals surface area contributed by atoms with Crippen molar-refractivity contribution < 1.29 is 0 Å². The third-order valence-corrected chi connectivity index (χ3v) is 3.36. The summed E-state index contributed by atoms with van der Waals surface area (Å²) in [7, 11) is 0. The van der Waals surface area contributed by atoms with Gasteiger partial charge in [0.2, 0.25) is 0 Å². The molecule has 0 saturated heterocycles. The van der Waals surface area contributed by atoms with Gasteiger partial charge in [-0.2, -0.15) is 0 Å². The van der Waals surface area contributed by atoms with E-state index in [0.29, 0.717) is 0 Å². The number of nitrogen functional groups attached to an aromatic ring is 1. The molecule has 0 amide bonds. The first-order valence-electron chi connectivity index (χ1n) is 4.39. The summed E-state index contributed by atoms with van der Waals surface area (Å²) in [6.07, 6.45) is 1.78. The van der Waals surface area contributed by atoms with Gasteiger partial charge in [0.25, 0.3) is 0 Å². The van der Waals surface area contributed by atoms with Crippen molar-refractivity contribution in [1.82, 2.24) is 4.98 Å². The zero-order valence-corrected chi connectivity index (χ0v) is 10.3. The van der Waals surface area contributed by atoms with Crippen LogP contribution in [0.25, 0.3) is 0 Å². The number of pyridine rings is 1. The van der Waals surface area contributed by atoms with Crippen LogP contribution in [0.1, 0.15) is 0 Å². The van der Waals surface area contributed by atoms with Gasteiger partial charge in [-0.15, -0.1) is 0 Å². The Bertz CT molecular complexity index is 459. The van der Waals surface area contributed by atoms with Gasteiger partial charge in [-0.05, 0) is 30.3 Å². The number of aromatic nitrogens is 1. The summed E-state index contributed by atoms with van der Waals surface area (Å²) in [4.78, 5) is 5.26. The van der Waals surface area contributed by atoms with Gasteiger partial charge in [-0.1, -0.05) is 33.8 Å². The molecule has 2 rings (SSSR count). The molecule has 4 heteroatoms. The van der Waals surface area contributed by atoms with Crippen LogP contribution in [0.4, 0.5) is 5.69 Å². The van der Waals surface area contributed by atoms with Crippen molar-refractivity contribution in [3.8, 4) is 0 Å². The van der Waals surface area contributed by atoms with Crippen LogP contribution in [0, 0.1) is 0 Å². The fourth-order valence-electron chi connectivity index (χ4n) is 1.13. The Morgan fingerprint density at radius 2 is 2.07 bits per heavy atom. The van der Waals surface area contributed by atoms with E-state index >= 15 is 0 Å². The largest absolute Gasteiger partial charge is 0.398 e. The maximum atomic E-state index is 5.89. The third kappa shape index (κ3) is 2.73. The molecular weight excluding hydrogens is 272 g/mol. The van der Waals surface area contributed by atoms with Gasteiger partial charge in [-0.3, -0.25) is 0 Å². The lowest BCUT2D eigenvalue weighted by atomic mass is 10.3. The maximum Gasteiger partial charge on any atom is 0.101 e. The predicted octanol–water partition coefficient (Wildman–Crippen LogP) is 3.58. The van der Waals surface area contributed by atoms with Crippen molar-refractivity contribution in [3.05, 3.63) is 47.1 Å². The van der Waals surface area contributed by atoms with Gasteiger partial charge in [-0.25, -0.2) is 4.98 Å². The van der Waals surface area contributed by atoms with Gasteiger partial charge in [0, 0.05) is 21.3 Å². The lowest BCUT2D eigenvalue weighted by Gasteiger charge is -2.04. The summed E-state index contributed by atoms with van der Waals surface area (Å²) in [5, 5.41) is 0.950. The molecular formula is C11H9BrN2S. The summed E-state index contributed by atoms with van der Waals surface area (Å²) < 4.78 is 0.991. The Morgan fingerprint density at radius 1 is 1.20 bits per heavy atom. The highest BCUT2D eigenvalue weighted by Gasteiger charge is 2.02. The first-order chi connectivity index (χ1) is 7.25. The molecule has 0 saturated carbocycles. The highest BCUT2D eigenvalue weighted by Crippen LogP contribution is 2.32. The van der Waals surface area contributed by atoms with Crippen LogP contribution < -0.4 is 5.73 Å². The van der Waals surface area contributed by atoms with Crippen LogP contribution >= 0.6 is 27.7 Å². The Hall–Kier alpha value is -1.00. The van der Waals surface area contributed by atoms with E-state index in [1.165, 1.54) is 0 Å². The number of hydrogen-bond donors (Lipinski definition) is 1.